The third-order valence-corrected chi connectivity index (χ3v) is 6.60. The summed E-state index contributed by atoms with van der Waals surface area (Å²) < 4.78 is 10.3. The third kappa shape index (κ3) is 17.3. The van der Waals surface area contributed by atoms with Crippen LogP contribution in [0.2, 0.25) is 0 Å². The minimum absolute atomic E-state index is 0.425. The zero-order valence-corrected chi connectivity index (χ0v) is 21.7. The topological polar surface area (TPSA) is 18.5 Å². The summed E-state index contributed by atoms with van der Waals surface area (Å²) in [6, 6.07) is 0. The average Bonchev–Trinajstić information content (AvgIpc) is 2.58. The van der Waals surface area contributed by atoms with Crippen molar-refractivity contribution >= 4 is 15.9 Å². The van der Waals surface area contributed by atoms with Gasteiger partial charge in [0.2, 0.25) is 0 Å². The molecule has 28 heavy (non-hydrogen) atoms. The fourth-order valence-electron chi connectivity index (χ4n) is 5.16. The molecule has 0 amide bonds. The van der Waals surface area contributed by atoms with Crippen LogP contribution in [-0.2, 0) is 9.47 Å². The van der Waals surface area contributed by atoms with E-state index in [1.54, 1.807) is 7.11 Å². The highest BCUT2D eigenvalue weighted by molar-refractivity contribution is 9.09. The zero-order chi connectivity index (χ0) is 21.4. The van der Waals surface area contributed by atoms with Gasteiger partial charge in [0, 0.05) is 19.0 Å². The van der Waals surface area contributed by atoms with Crippen LogP contribution in [0.1, 0.15) is 99.3 Å². The number of rotatable bonds is 19. The van der Waals surface area contributed by atoms with E-state index >= 15 is 0 Å². The van der Waals surface area contributed by atoms with Gasteiger partial charge in [-0.15, -0.1) is 0 Å². The lowest BCUT2D eigenvalue weighted by molar-refractivity contribution is -0.0323. The van der Waals surface area contributed by atoms with Crippen LogP contribution in [-0.4, -0.2) is 25.8 Å². The molecule has 0 bridgehead atoms. The van der Waals surface area contributed by atoms with Crippen molar-refractivity contribution in [1.82, 2.24) is 0 Å². The number of ether oxygens (including phenoxy) is 2. The van der Waals surface area contributed by atoms with Crippen LogP contribution >= 0.6 is 15.9 Å². The van der Waals surface area contributed by atoms with Crippen LogP contribution in [0.25, 0.3) is 0 Å². The average molecular weight is 464 g/mol. The molecule has 0 radical (unpaired) electrons. The maximum atomic E-state index is 5.40. The molecular weight excluding hydrogens is 412 g/mol. The van der Waals surface area contributed by atoms with Gasteiger partial charge in [-0.1, -0.05) is 57.5 Å². The fraction of sp³-hybridized carbons (Fsp3) is 1.00. The molecule has 6 atom stereocenters. The molecule has 0 aliphatic carbocycles. The van der Waals surface area contributed by atoms with Crippen molar-refractivity contribution in [3.8, 4) is 0 Å². The van der Waals surface area contributed by atoms with Crippen molar-refractivity contribution in [2.45, 2.75) is 99.3 Å². The Morgan fingerprint density at radius 2 is 1.00 bits per heavy atom. The monoisotopic (exact) mass is 462 g/mol. The lowest BCUT2D eigenvalue weighted by Gasteiger charge is -2.25. The SMILES string of the molecule is COCOCCCC(C)CC(C)CC(C)CC(C)CC(C)CC(C)CCCBr. The second kappa shape index (κ2) is 18.2. The summed E-state index contributed by atoms with van der Waals surface area (Å²) in [4.78, 5) is 0. The van der Waals surface area contributed by atoms with Crippen molar-refractivity contribution in [1.29, 1.82) is 0 Å². The van der Waals surface area contributed by atoms with Crippen molar-refractivity contribution < 1.29 is 9.47 Å². The third-order valence-electron chi connectivity index (χ3n) is 6.04. The number of hydrogen-bond acceptors (Lipinski definition) is 2. The van der Waals surface area contributed by atoms with Crippen molar-refractivity contribution in [3.05, 3.63) is 0 Å². The lowest BCUT2D eigenvalue weighted by Crippen LogP contribution is -2.13. The molecular formula is C25H51BrO2. The maximum absolute atomic E-state index is 5.40. The molecule has 0 aromatic rings. The first-order chi connectivity index (χ1) is 13.3. The van der Waals surface area contributed by atoms with Gasteiger partial charge in [-0.3, -0.25) is 0 Å². The normalized spacial score (nSPS) is 18.4. The highest BCUT2D eigenvalue weighted by Gasteiger charge is 2.17. The zero-order valence-electron chi connectivity index (χ0n) is 20.1. The van der Waals surface area contributed by atoms with E-state index in [1.165, 1.54) is 51.4 Å². The summed E-state index contributed by atoms with van der Waals surface area (Å²) in [7, 11) is 1.68. The minimum atomic E-state index is 0.425. The molecule has 0 aromatic carbocycles. The van der Waals surface area contributed by atoms with Crippen LogP contribution in [0.4, 0.5) is 0 Å². The van der Waals surface area contributed by atoms with E-state index in [-0.39, 0.29) is 0 Å². The molecule has 0 fully saturated rings. The Morgan fingerprint density at radius 3 is 1.39 bits per heavy atom. The summed E-state index contributed by atoms with van der Waals surface area (Å²) in [5.41, 5.74) is 0. The number of halogens is 1. The lowest BCUT2D eigenvalue weighted by atomic mass is 9.81. The maximum Gasteiger partial charge on any atom is 0.146 e. The van der Waals surface area contributed by atoms with E-state index < -0.39 is 0 Å². The molecule has 0 rings (SSSR count). The van der Waals surface area contributed by atoms with Gasteiger partial charge >= 0.3 is 0 Å². The predicted octanol–water partition coefficient (Wildman–Crippen LogP) is 8.33. The Balaban J connectivity index is 3.93. The van der Waals surface area contributed by atoms with Crippen LogP contribution < -0.4 is 0 Å². The molecule has 0 heterocycles. The van der Waals surface area contributed by atoms with Gasteiger partial charge in [0.1, 0.15) is 6.79 Å². The van der Waals surface area contributed by atoms with Crippen molar-refractivity contribution in [2.24, 2.45) is 35.5 Å². The molecule has 0 spiro atoms. The molecule has 0 aliphatic rings. The van der Waals surface area contributed by atoms with Gasteiger partial charge < -0.3 is 9.47 Å². The van der Waals surface area contributed by atoms with E-state index in [1.807, 2.05) is 0 Å². The van der Waals surface area contributed by atoms with Crippen molar-refractivity contribution in [3.63, 3.8) is 0 Å². The molecule has 0 saturated carbocycles. The quantitative estimate of drug-likeness (QED) is 0.109. The van der Waals surface area contributed by atoms with Gasteiger partial charge in [-0.05, 0) is 93.3 Å². The van der Waals surface area contributed by atoms with E-state index in [0.29, 0.717) is 6.79 Å². The van der Waals surface area contributed by atoms with E-state index in [4.69, 9.17) is 9.47 Å². The van der Waals surface area contributed by atoms with E-state index in [2.05, 4.69) is 57.5 Å². The Morgan fingerprint density at radius 1 is 0.607 bits per heavy atom. The van der Waals surface area contributed by atoms with Gasteiger partial charge in [-0.2, -0.15) is 0 Å². The number of hydrogen-bond donors (Lipinski definition) is 0. The molecule has 170 valence electrons. The Labute approximate surface area is 186 Å². The van der Waals surface area contributed by atoms with Crippen LogP contribution in [0, 0.1) is 35.5 Å². The highest BCUT2D eigenvalue weighted by atomic mass is 79.9. The van der Waals surface area contributed by atoms with Gasteiger partial charge in [0.25, 0.3) is 0 Å². The standard InChI is InChI=1S/C25H51BrO2/c1-20(10-8-12-26)14-22(3)16-24(5)18-25(6)17-23(4)15-21(2)11-9-13-28-19-27-7/h20-25H,8-19H2,1-7H3. The Kier molecular flexibility index (Phi) is 18.5. The minimum Gasteiger partial charge on any atom is -0.359 e. The Bertz CT molecular complexity index is 337. The van der Waals surface area contributed by atoms with Crippen molar-refractivity contribution in [2.75, 3.05) is 25.8 Å². The Hall–Kier alpha value is 0.400. The smallest absolute Gasteiger partial charge is 0.146 e. The van der Waals surface area contributed by atoms with Crippen LogP contribution in [0.3, 0.4) is 0 Å². The van der Waals surface area contributed by atoms with Gasteiger partial charge in [0.15, 0.2) is 0 Å². The van der Waals surface area contributed by atoms with E-state index in [9.17, 15) is 0 Å². The van der Waals surface area contributed by atoms with Gasteiger partial charge in [0.05, 0.1) is 0 Å². The summed E-state index contributed by atoms with van der Waals surface area (Å²) in [5, 5.41) is 1.15. The van der Waals surface area contributed by atoms with Crippen LogP contribution in [0.5, 0.6) is 0 Å². The summed E-state index contributed by atoms with van der Waals surface area (Å²) >= 11 is 3.56. The summed E-state index contributed by atoms with van der Waals surface area (Å²) in [6.45, 7) is 15.9. The predicted molar refractivity (Wildman–Crippen MR) is 128 cm³/mol. The largest absolute Gasteiger partial charge is 0.359 e. The first kappa shape index (κ1) is 28.4. The molecule has 6 unspecified atom stereocenters. The fourth-order valence-corrected chi connectivity index (χ4v) is 5.48. The first-order valence-electron chi connectivity index (χ1n) is 11.9. The van der Waals surface area contributed by atoms with Gasteiger partial charge in [-0.25, -0.2) is 0 Å². The number of alkyl halides is 1. The van der Waals surface area contributed by atoms with Crippen LogP contribution in [0.15, 0.2) is 0 Å². The highest BCUT2D eigenvalue weighted by Crippen LogP contribution is 2.29. The second-order valence-corrected chi connectivity index (χ2v) is 10.9. The molecule has 0 N–H and O–H groups in total. The number of methoxy groups -OCH3 is 1. The first-order valence-corrected chi connectivity index (χ1v) is 13.0. The molecule has 3 heteroatoms. The van der Waals surface area contributed by atoms with E-state index in [0.717, 1.165) is 53.9 Å². The second-order valence-electron chi connectivity index (χ2n) is 10.1. The summed E-state index contributed by atoms with van der Waals surface area (Å²) in [5.74, 6) is 5.07. The molecule has 0 aromatic heterocycles. The summed E-state index contributed by atoms with van der Waals surface area (Å²) in [6.07, 6.45) is 12.0. The molecule has 0 saturated heterocycles. The molecule has 0 aliphatic heterocycles. The molecule has 2 nitrogen and oxygen atoms in total.